The van der Waals surface area contributed by atoms with E-state index in [2.05, 4.69) is 28.2 Å². The smallest absolute Gasteiger partial charge is 0.100 e. The van der Waals surface area contributed by atoms with Crippen LogP contribution in [0.5, 0.6) is 0 Å². The summed E-state index contributed by atoms with van der Waals surface area (Å²) in [5, 5.41) is 11.9. The maximum absolute atomic E-state index is 9.77. The molecule has 0 spiro atoms. The van der Waals surface area contributed by atoms with E-state index in [9.17, 15) is 5.11 Å². The van der Waals surface area contributed by atoms with E-state index in [1.807, 2.05) is 0 Å². The predicted octanol–water partition coefficient (Wildman–Crippen LogP) is 2.80. The van der Waals surface area contributed by atoms with Crippen molar-refractivity contribution < 1.29 is 5.11 Å². The van der Waals surface area contributed by atoms with Crippen molar-refractivity contribution in [1.82, 2.24) is 0 Å². The Labute approximate surface area is 78.2 Å². The largest absolute Gasteiger partial charge is 0.384 e. The van der Waals surface area contributed by atoms with Crippen LogP contribution < -0.4 is 0 Å². The SMILES string of the molecule is Cc1csc(C2(O)CC2)c1Br. The van der Waals surface area contributed by atoms with Crippen LogP contribution in [0.4, 0.5) is 0 Å². The number of aliphatic hydroxyl groups is 1. The number of halogens is 1. The van der Waals surface area contributed by atoms with Crippen LogP contribution in [0.1, 0.15) is 23.3 Å². The molecule has 0 aromatic carbocycles. The van der Waals surface area contributed by atoms with E-state index in [4.69, 9.17) is 0 Å². The molecule has 1 N–H and O–H groups in total. The third kappa shape index (κ3) is 1.15. The minimum absolute atomic E-state index is 0.474. The van der Waals surface area contributed by atoms with Gasteiger partial charge in [0.1, 0.15) is 5.60 Å². The predicted molar refractivity (Wildman–Crippen MR) is 49.9 cm³/mol. The van der Waals surface area contributed by atoms with Gasteiger partial charge in [0.25, 0.3) is 0 Å². The molecule has 11 heavy (non-hydrogen) atoms. The van der Waals surface area contributed by atoms with Gasteiger partial charge in [0.15, 0.2) is 0 Å². The molecular weight excluding hydrogens is 224 g/mol. The Balaban J connectivity index is 2.45. The summed E-state index contributed by atoms with van der Waals surface area (Å²) < 4.78 is 1.10. The molecule has 0 amide bonds. The fraction of sp³-hybridized carbons (Fsp3) is 0.500. The number of rotatable bonds is 1. The van der Waals surface area contributed by atoms with E-state index in [1.54, 1.807) is 11.3 Å². The maximum Gasteiger partial charge on any atom is 0.100 e. The first-order valence-electron chi connectivity index (χ1n) is 3.60. The number of hydrogen-bond donors (Lipinski definition) is 1. The molecule has 0 radical (unpaired) electrons. The van der Waals surface area contributed by atoms with Gasteiger partial charge in [0.2, 0.25) is 0 Å². The van der Waals surface area contributed by atoms with Crippen LogP contribution in [-0.4, -0.2) is 5.11 Å². The fourth-order valence-corrected chi connectivity index (χ4v) is 3.11. The number of aryl methyl sites for hydroxylation is 1. The maximum atomic E-state index is 9.77. The summed E-state index contributed by atoms with van der Waals surface area (Å²) in [6.45, 7) is 2.05. The highest BCUT2D eigenvalue weighted by Crippen LogP contribution is 2.50. The van der Waals surface area contributed by atoms with Crippen molar-refractivity contribution in [2.45, 2.75) is 25.4 Å². The molecule has 0 unspecified atom stereocenters. The molecule has 60 valence electrons. The fourth-order valence-electron chi connectivity index (χ4n) is 1.09. The number of hydrogen-bond acceptors (Lipinski definition) is 2. The molecule has 1 aromatic rings. The first kappa shape index (κ1) is 7.77. The second-order valence-corrected chi connectivity index (χ2v) is 4.77. The zero-order chi connectivity index (χ0) is 8.06. The Bertz CT molecular complexity index is 288. The average molecular weight is 233 g/mol. The highest BCUT2D eigenvalue weighted by molar-refractivity contribution is 9.10. The summed E-state index contributed by atoms with van der Waals surface area (Å²) >= 11 is 5.13. The minimum Gasteiger partial charge on any atom is -0.384 e. The third-order valence-corrected chi connectivity index (χ3v) is 4.62. The van der Waals surface area contributed by atoms with E-state index in [1.165, 1.54) is 5.56 Å². The summed E-state index contributed by atoms with van der Waals surface area (Å²) in [5.41, 5.74) is 0.753. The molecule has 0 aliphatic heterocycles. The first-order valence-corrected chi connectivity index (χ1v) is 5.27. The van der Waals surface area contributed by atoms with Gasteiger partial charge < -0.3 is 5.11 Å². The van der Waals surface area contributed by atoms with E-state index < -0.39 is 5.60 Å². The monoisotopic (exact) mass is 232 g/mol. The van der Waals surface area contributed by atoms with Crippen molar-refractivity contribution in [1.29, 1.82) is 0 Å². The third-order valence-electron chi connectivity index (χ3n) is 2.05. The second kappa shape index (κ2) is 2.31. The van der Waals surface area contributed by atoms with Crippen LogP contribution in [0, 0.1) is 6.92 Å². The molecule has 0 saturated heterocycles. The van der Waals surface area contributed by atoms with Gasteiger partial charge in [0, 0.05) is 4.47 Å². The summed E-state index contributed by atoms with van der Waals surface area (Å²) in [6, 6.07) is 0. The molecule has 1 fully saturated rings. The Morgan fingerprint density at radius 1 is 1.64 bits per heavy atom. The lowest BCUT2D eigenvalue weighted by Crippen LogP contribution is -2.01. The molecule has 1 heterocycles. The highest BCUT2D eigenvalue weighted by atomic mass is 79.9. The zero-order valence-corrected chi connectivity index (χ0v) is 8.63. The molecule has 1 aliphatic carbocycles. The van der Waals surface area contributed by atoms with Crippen molar-refractivity contribution >= 4 is 27.3 Å². The van der Waals surface area contributed by atoms with Gasteiger partial charge in [-0.05, 0) is 46.6 Å². The van der Waals surface area contributed by atoms with Gasteiger partial charge in [-0.1, -0.05) is 0 Å². The Hall–Kier alpha value is 0.140. The second-order valence-electron chi connectivity index (χ2n) is 3.09. The molecule has 1 nitrogen and oxygen atoms in total. The average Bonchev–Trinajstić information content (AvgIpc) is 2.60. The van der Waals surface area contributed by atoms with Gasteiger partial charge in [-0.15, -0.1) is 11.3 Å². The van der Waals surface area contributed by atoms with Crippen LogP contribution in [0.2, 0.25) is 0 Å². The van der Waals surface area contributed by atoms with Gasteiger partial charge in [-0.3, -0.25) is 0 Å². The Morgan fingerprint density at radius 2 is 2.27 bits per heavy atom. The lowest BCUT2D eigenvalue weighted by molar-refractivity contribution is 0.155. The summed E-state index contributed by atoms with van der Waals surface area (Å²) in [5.74, 6) is 0. The molecule has 2 rings (SSSR count). The Kier molecular flexibility index (Phi) is 1.63. The van der Waals surface area contributed by atoms with Crippen LogP contribution >= 0.6 is 27.3 Å². The molecule has 0 atom stereocenters. The van der Waals surface area contributed by atoms with E-state index in [0.717, 1.165) is 22.2 Å². The molecule has 1 aliphatic rings. The van der Waals surface area contributed by atoms with Crippen molar-refractivity contribution in [2.75, 3.05) is 0 Å². The van der Waals surface area contributed by atoms with Crippen molar-refractivity contribution in [3.05, 3.63) is 20.3 Å². The van der Waals surface area contributed by atoms with Crippen molar-refractivity contribution in [3.63, 3.8) is 0 Å². The zero-order valence-electron chi connectivity index (χ0n) is 6.22. The summed E-state index contributed by atoms with van der Waals surface area (Å²) in [4.78, 5) is 1.11. The quantitative estimate of drug-likeness (QED) is 0.790. The van der Waals surface area contributed by atoms with Crippen LogP contribution in [0.3, 0.4) is 0 Å². The molecule has 3 heteroatoms. The van der Waals surface area contributed by atoms with Crippen LogP contribution in [-0.2, 0) is 5.60 Å². The lowest BCUT2D eigenvalue weighted by Gasteiger charge is -2.04. The summed E-state index contributed by atoms with van der Waals surface area (Å²) in [6.07, 6.45) is 1.84. The standard InChI is InChI=1S/C8H9BrOS/c1-5-4-11-7(6(5)9)8(10)2-3-8/h4,10H,2-3H2,1H3. The normalized spacial score (nSPS) is 20.3. The van der Waals surface area contributed by atoms with Crippen LogP contribution in [0.15, 0.2) is 9.85 Å². The van der Waals surface area contributed by atoms with E-state index >= 15 is 0 Å². The van der Waals surface area contributed by atoms with Gasteiger partial charge >= 0.3 is 0 Å². The topological polar surface area (TPSA) is 20.2 Å². The van der Waals surface area contributed by atoms with Crippen molar-refractivity contribution in [2.24, 2.45) is 0 Å². The first-order chi connectivity index (χ1) is 5.13. The van der Waals surface area contributed by atoms with Gasteiger partial charge in [-0.2, -0.15) is 0 Å². The lowest BCUT2D eigenvalue weighted by atomic mass is 10.2. The van der Waals surface area contributed by atoms with Crippen molar-refractivity contribution in [3.8, 4) is 0 Å². The summed E-state index contributed by atoms with van der Waals surface area (Å²) in [7, 11) is 0. The molecule has 0 bridgehead atoms. The molecular formula is C8H9BrOS. The van der Waals surface area contributed by atoms with Gasteiger partial charge in [-0.25, -0.2) is 0 Å². The van der Waals surface area contributed by atoms with Gasteiger partial charge in [0.05, 0.1) is 4.88 Å². The molecule has 1 aromatic heterocycles. The van der Waals surface area contributed by atoms with Crippen LogP contribution in [0.25, 0.3) is 0 Å². The molecule has 1 saturated carbocycles. The number of thiophene rings is 1. The van der Waals surface area contributed by atoms with E-state index in [0.29, 0.717) is 0 Å². The minimum atomic E-state index is -0.474. The Morgan fingerprint density at radius 3 is 2.64 bits per heavy atom. The highest BCUT2D eigenvalue weighted by Gasteiger charge is 2.44. The van der Waals surface area contributed by atoms with E-state index in [-0.39, 0.29) is 0 Å².